The molecule has 0 spiro atoms. The van der Waals surface area contributed by atoms with Crippen LogP contribution in [0.3, 0.4) is 0 Å². The van der Waals surface area contributed by atoms with Gasteiger partial charge in [-0.25, -0.2) is 9.59 Å². The lowest BCUT2D eigenvalue weighted by Gasteiger charge is -2.10. The zero-order valence-electron chi connectivity index (χ0n) is 12.0. The van der Waals surface area contributed by atoms with Gasteiger partial charge in [-0.2, -0.15) is 0 Å². The molecule has 1 heterocycles. The lowest BCUT2D eigenvalue weighted by molar-refractivity contribution is 0.0678. The van der Waals surface area contributed by atoms with Crippen molar-refractivity contribution in [2.75, 3.05) is 0 Å². The van der Waals surface area contributed by atoms with Gasteiger partial charge in [0.1, 0.15) is 5.69 Å². The monoisotopic (exact) mass is 287 g/mol. The predicted octanol–water partition coefficient (Wildman–Crippen LogP) is 2.80. The Hall–Kier alpha value is -2.56. The zero-order valence-corrected chi connectivity index (χ0v) is 12.0. The quantitative estimate of drug-likeness (QED) is 0.886. The standard InChI is InChI=1S/C16H17NO4/c1-3-12-8-10(2)17(14(12)16(20)21)9-11-4-6-13(7-5-11)15(18)19/h4-8H,3,9H2,1-2H3,(H,18,19)(H,20,21). The molecule has 2 aromatic rings. The number of rotatable bonds is 5. The summed E-state index contributed by atoms with van der Waals surface area (Å²) in [5.74, 6) is -1.92. The number of carboxylic acids is 2. The molecule has 0 aliphatic heterocycles. The molecule has 0 bridgehead atoms. The first-order valence-electron chi connectivity index (χ1n) is 6.68. The summed E-state index contributed by atoms with van der Waals surface area (Å²) in [5.41, 5.74) is 3.07. The van der Waals surface area contributed by atoms with Crippen LogP contribution >= 0.6 is 0 Å². The van der Waals surface area contributed by atoms with Crippen LogP contribution in [0.5, 0.6) is 0 Å². The molecule has 1 aromatic carbocycles. The van der Waals surface area contributed by atoms with Gasteiger partial charge in [-0.05, 0) is 42.7 Å². The molecule has 110 valence electrons. The Labute approximate surface area is 122 Å². The van der Waals surface area contributed by atoms with Crippen molar-refractivity contribution in [2.24, 2.45) is 0 Å². The van der Waals surface area contributed by atoms with Crippen LogP contribution in [0.25, 0.3) is 0 Å². The maximum atomic E-state index is 11.4. The minimum atomic E-state index is -0.974. The highest BCUT2D eigenvalue weighted by Crippen LogP contribution is 2.19. The smallest absolute Gasteiger partial charge is 0.352 e. The summed E-state index contributed by atoms with van der Waals surface area (Å²) in [6, 6.07) is 8.35. The summed E-state index contributed by atoms with van der Waals surface area (Å²) in [6.45, 7) is 4.21. The predicted molar refractivity (Wildman–Crippen MR) is 78.0 cm³/mol. The number of carbonyl (C=O) groups is 2. The average molecular weight is 287 g/mol. The van der Waals surface area contributed by atoms with Crippen molar-refractivity contribution in [3.8, 4) is 0 Å². The molecule has 0 unspecified atom stereocenters. The third kappa shape index (κ3) is 2.97. The Morgan fingerprint density at radius 3 is 2.19 bits per heavy atom. The van der Waals surface area contributed by atoms with E-state index in [0.29, 0.717) is 18.7 Å². The van der Waals surface area contributed by atoms with Gasteiger partial charge in [-0.3, -0.25) is 0 Å². The number of aromatic carboxylic acids is 2. The Kier molecular flexibility index (Phi) is 4.12. The second-order valence-corrected chi connectivity index (χ2v) is 4.91. The minimum Gasteiger partial charge on any atom is -0.478 e. The Morgan fingerprint density at radius 2 is 1.71 bits per heavy atom. The van der Waals surface area contributed by atoms with E-state index in [9.17, 15) is 14.7 Å². The highest BCUT2D eigenvalue weighted by Gasteiger charge is 2.18. The third-order valence-corrected chi connectivity index (χ3v) is 3.51. The van der Waals surface area contributed by atoms with Gasteiger partial charge in [-0.1, -0.05) is 19.1 Å². The second kappa shape index (κ2) is 5.83. The summed E-state index contributed by atoms with van der Waals surface area (Å²) in [4.78, 5) is 22.3. The molecular weight excluding hydrogens is 270 g/mol. The Morgan fingerprint density at radius 1 is 1.10 bits per heavy atom. The molecule has 0 amide bonds. The van der Waals surface area contributed by atoms with Crippen LogP contribution in [0.15, 0.2) is 30.3 Å². The average Bonchev–Trinajstić information content (AvgIpc) is 2.76. The summed E-state index contributed by atoms with van der Waals surface area (Å²) in [5, 5.41) is 18.3. The molecule has 0 radical (unpaired) electrons. The largest absolute Gasteiger partial charge is 0.478 e. The van der Waals surface area contributed by atoms with Crippen LogP contribution in [-0.4, -0.2) is 26.7 Å². The fourth-order valence-electron chi connectivity index (χ4n) is 2.41. The van der Waals surface area contributed by atoms with Crippen molar-refractivity contribution >= 4 is 11.9 Å². The van der Waals surface area contributed by atoms with Gasteiger partial charge in [0, 0.05) is 12.2 Å². The fourth-order valence-corrected chi connectivity index (χ4v) is 2.41. The van der Waals surface area contributed by atoms with Crippen LogP contribution in [-0.2, 0) is 13.0 Å². The van der Waals surface area contributed by atoms with E-state index in [1.165, 1.54) is 12.1 Å². The molecular formula is C16H17NO4. The van der Waals surface area contributed by atoms with E-state index in [1.807, 2.05) is 19.9 Å². The van der Waals surface area contributed by atoms with Gasteiger partial charge in [0.25, 0.3) is 0 Å². The van der Waals surface area contributed by atoms with Gasteiger partial charge >= 0.3 is 11.9 Å². The van der Waals surface area contributed by atoms with Crippen molar-refractivity contribution in [3.63, 3.8) is 0 Å². The maximum absolute atomic E-state index is 11.4. The Bertz CT molecular complexity index is 683. The van der Waals surface area contributed by atoms with Crippen molar-refractivity contribution in [1.82, 2.24) is 4.57 Å². The molecule has 0 atom stereocenters. The first-order chi connectivity index (χ1) is 9.93. The number of hydrogen-bond donors (Lipinski definition) is 2. The SMILES string of the molecule is CCc1cc(C)n(Cc2ccc(C(=O)O)cc2)c1C(=O)O. The summed E-state index contributed by atoms with van der Waals surface area (Å²) in [6.07, 6.45) is 0.660. The number of hydrogen-bond acceptors (Lipinski definition) is 2. The number of aryl methyl sites for hydroxylation is 2. The van der Waals surface area contributed by atoms with E-state index in [4.69, 9.17) is 5.11 Å². The molecule has 5 nitrogen and oxygen atoms in total. The van der Waals surface area contributed by atoms with E-state index in [2.05, 4.69) is 0 Å². The number of benzene rings is 1. The second-order valence-electron chi connectivity index (χ2n) is 4.91. The fraction of sp³-hybridized carbons (Fsp3) is 0.250. The van der Waals surface area contributed by atoms with E-state index < -0.39 is 11.9 Å². The van der Waals surface area contributed by atoms with E-state index in [0.717, 1.165) is 16.8 Å². The van der Waals surface area contributed by atoms with E-state index in [-0.39, 0.29) is 5.56 Å². The molecule has 0 fully saturated rings. The first kappa shape index (κ1) is 14.8. The summed E-state index contributed by atoms with van der Waals surface area (Å²) >= 11 is 0. The summed E-state index contributed by atoms with van der Waals surface area (Å²) in [7, 11) is 0. The van der Waals surface area contributed by atoms with Gasteiger partial charge < -0.3 is 14.8 Å². The van der Waals surface area contributed by atoms with Crippen molar-refractivity contribution < 1.29 is 19.8 Å². The topological polar surface area (TPSA) is 79.5 Å². The van der Waals surface area contributed by atoms with Crippen molar-refractivity contribution in [1.29, 1.82) is 0 Å². The van der Waals surface area contributed by atoms with Crippen molar-refractivity contribution in [2.45, 2.75) is 26.8 Å². The molecule has 0 aliphatic carbocycles. The molecule has 21 heavy (non-hydrogen) atoms. The van der Waals surface area contributed by atoms with Crippen LogP contribution < -0.4 is 0 Å². The number of aromatic nitrogens is 1. The highest BCUT2D eigenvalue weighted by atomic mass is 16.4. The molecule has 2 N–H and O–H groups in total. The summed E-state index contributed by atoms with van der Waals surface area (Å²) < 4.78 is 1.75. The highest BCUT2D eigenvalue weighted by molar-refractivity contribution is 5.88. The van der Waals surface area contributed by atoms with Gasteiger partial charge in [-0.15, -0.1) is 0 Å². The molecule has 5 heteroatoms. The molecule has 1 aromatic heterocycles. The van der Waals surface area contributed by atoms with E-state index in [1.54, 1.807) is 16.7 Å². The molecule has 2 rings (SSSR count). The lowest BCUT2D eigenvalue weighted by atomic mass is 10.1. The molecule has 0 saturated carbocycles. The van der Waals surface area contributed by atoms with Gasteiger partial charge in [0.05, 0.1) is 5.56 Å². The van der Waals surface area contributed by atoms with Crippen LogP contribution in [0.2, 0.25) is 0 Å². The van der Waals surface area contributed by atoms with E-state index >= 15 is 0 Å². The van der Waals surface area contributed by atoms with Crippen LogP contribution in [0.1, 0.15) is 44.6 Å². The van der Waals surface area contributed by atoms with Crippen LogP contribution in [0, 0.1) is 6.92 Å². The maximum Gasteiger partial charge on any atom is 0.352 e. The number of carboxylic acid groups (broad SMARTS) is 2. The number of nitrogens with zero attached hydrogens (tertiary/aromatic N) is 1. The zero-order chi connectivity index (χ0) is 15.6. The van der Waals surface area contributed by atoms with Crippen LogP contribution in [0.4, 0.5) is 0 Å². The lowest BCUT2D eigenvalue weighted by Crippen LogP contribution is -2.12. The van der Waals surface area contributed by atoms with Crippen molar-refractivity contribution in [3.05, 3.63) is 58.4 Å². The Balaban J connectivity index is 2.37. The van der Waals surface area contributed by atoms with Gasteiger partial charge in [0.15, 0.2) is 0 Å². The first-order valence-corrected chi connectivity index (χ1v) is 6.68. The third-order valence-electron chi connectivity index (χ3n) is 3.51. The normalized spacial score (nSPS) is 10.6. The molecule has 0 aliphatic rings. The van der Waals surface area contributed by atoms with Gasteiger partial charge in [0.2, 0.25) is 0 Å². The minimum absolute atomic E-state index is 0.218. The molecule has 0 saturated heterocycles.